The van der Waals surface area contributed by atoms with E-state index in [0.29, 0.717) is 25.6 Å². The van der Waals surface area contributed by atoms with Gasteiger partial charge in [-0.05, 0) is 38.7 Å². The van der Waals surface area contributed by atoms with Crippen LogP contribution in [0, 0.1) is 0 Å². The van der Waals surface area contributed by atoms with E-state index < -0.39 is 10.0 Å². The maximum absolute atomic E-state index is 11.5. The fraction of sp³-hybridized carbons (Fsp3) is 0.632. The molecular weight excluding hydrogens is 380 g/mol. The van der Waals surface area contributed by atoms with Gasteiger partial charge in [0.15, 0.2) is 17.5 Å². The Balaban J connectivity index is 1.92. The summed E-state index contributed by atoms with van der Waals surface area (Å²) in [5.41, 5.74) is 0.987. The highest BCUT2D eigenvalue weighted by atomic mass is 32.2. The van der Waals surface area contributed by atoms with E-state index in [9.17, 15) is 8.42 Å². The zero-order chi connectivity index (χ0) is 20.4. The number of hydrogen-bond acceptors (Lipinski definition) is 5. The number of para-hydroxylation sites is 1. The van der Waals surface area contributed by atoms with Crippen LogP contribution in [0.2, 0.25) is 0 Å². The second-order valence-electron chi connectivity index (χ2n) is 6.62. The molecule has 0 aliphatic heterocycles. The molecule has 9 heteroatoms. The number of sulfonamides is 1. The van der Waals surface area contributed by atoms with Gasteiger partial charge >= 0.3 is 0 Å². The van der Waals surface area contributed by atoms with Gasteiger partial charge in [-0.15, -0.1) is 0 Å². The molecule has 3 N–H and O–H groups in total. The number of aliphatic imine (C=N–C) groups is 1. The predicted molar refractivity (Wildman–Crippen MR) is 112 cm³/mol. The fourth-order valence-corrected chi connectivity index (χ4v) is 3.67. The first kappa shape index (κ1) is 22.3. The summed E-state index contributed by atoms with van der Waals surface area (Å²) in [6.45, 7) is 2.85. The molecule has 2 rings (SSSR count). The maximum Gasteiger partial charge on any atom is 0.211 e. The van der Waals surface area contributed by atoms with Crippen molar-refractivity contribution in [3.63, 3.8) is 0 Å². The van der Waals surface area contributed by atoms with Crippen molar-refractivity contribution in [2.24, 2.45) is 4.99 Å². The normalized spacial score (nSPS) is 15.5. The molecular formula is C19H32N4O4S. The Labute approximate surface area is 168 Å². The molecule has 0 spiro atoms. The standard InChI is InChI=1S/C19H32N4O4S/c1-4-28(24,25)23-13-12-21-19(20-2)22-14-15-8-7-11-17(26-3)18(15)27-16-9-5-6-10-16/h7-8,11,16,23H,4-6,9-10,12-14H2,1-3H3,(H2,20,21,22). The Morgan fingerprint density at radius 1 is 1.21 bits per heavy atom. The molecule has 1 fully saturated rings. The average molecular weight is 413 g/mol. The number of ether oxygens (including phenoxy) is 2. The lowest BCUT2D eigenvalue weighted by Gasteiger charge is -2.20. The molecule has 1 saturated carbocycles. The summed E-state index contributed by atoms with van der Waals surface area (Å²) in [5, 5.41) is 6.34. The lowest BCUT2D eigenvalue weighted by Crippen LogP contribution is -2.41. The van der Waals surface area contributed by atoms with E-state index >= 15 is 0 Å². The van der Waals surface area contributed by atoms with E-state index in [2.05, 4.69) is 20.3 Å². The summed E-state index contributed by atoms with van der Waals surface area (Å²) in [6.07, 6.45) is 4.78. The molecule has 1 aliphatic rings. The van der Waals surface area contributed by atoms with E-state index in [-0.39, 0.29) is 11.9 Å². The van der Waals surface area contributed by atoms with Gasteiger partial charge in [0.25, 0.3) is 0 Å². The van der Waals surface area contributed by atoms with Crippen molar-refractivity contribution < 1.29 is 17.9 Å². The Morgan fingerprint density at radius 2 is 1.96 bits per heavy atom. The Kier molecular flexibility index (Phi) is 8.85. The molecule has 0 saturated heterocycles. The van der Waals surface area contributed by atoms with Crippen LogP contribution in [0.1, 0.15) is 38.2 Å². The minimum absolute atomic E-state index is 0.0690. The SMILES string of the molecule is CCS(=O)(=O)NCCNC(=NC)NCc1cccc(OC)c1OC1CCCC1. The lowest BCUT2D eigenvalue weighted by atomic mass is 10.1. The Hall–Kier alpha value is -2.00. The topological polar surface area (TPSA) is 101 Å². The van der Waals surface area contributed by atoms with Crippen LogP contribution in [0.25, 0.3) is 0 Å². The van der Waals surface area contributed by atoms with Gasteiger partial charge in [-0.3, -0.25) is 4.99 Å². The first-order valence-corrected chi connectivity index (χ1v) is 11.4. The zero-order valence-corrected chi connectivity index (χ0v) is 17.8. The maximum atomic E-state index is 11.5. The monoisotopic (exact) mass is 412 g/mol. The highest BCUT2D eigenvalue weighted by Gasteiger charge is 2.20. The quantitative estimate of drug-likeness (QED) is 0.307. The van der Waals surface area contributed by atoms with E-state index in [4.69, 9.17) is 9.47 Å². The molecule has 0 heterocycles. The molecule has 0 atom stereocenters. The molecule has 0 unspecified atom stereocenters. The summed E-state index contributed by atoms with van der Waals surface area (Å²) in [4.78, 5) is 4.18. The summed E-state index contributed by atoms with van der Waals surface area (Å²) >= 11 is 0. The van der Waals surface area contributed by atoms with Crippen LogP contribution in [0.3, 0.4) is 0 Å². The first-order valence-electron chi connectivity index (χ1n) is 9.73. The van der Waals surface area contributed by atoms with E-state index in [1.807, 2.05) is 18.2 Å². The summed E-state index contributed by atoms with van der Waals surface area (Å²) in [6, 6.07) is 5.84. The van der Waals surface area contributed by atoms with Crippen LogP contribution < -0.4 is 24.8 Å². The fourth-order valence-electron chi connectivity index (χ4n) is 3.06. The van der Waals surface area contributed by atoms with Crippen LogP contribution in [-0.2, 0) is 16.6 Å². The highest BCUT2D eigenvalue weighted by molar-refractivity contribution is 7.89. The van der Waals surface area contributed by atoms with Crippen molar-refractivity contribution in [2.45, 2.75) is 45.3 Å². The van der Waals surface area contributed by atoms with Crippen molar-refractivity contribution >= 4 is 16.0 Å². The van der Waals surface area contributed by atoms with Gasteiger partial charge in [0.1, 0.15) is 0 Å². The third-order valence-electron chi connectivity index (χ3n) is 4.66. The molecule has 1 aromatic carbocycles. The van der Waals surface area contributed by atoms with Crippen molar-refractivity contribution in [3.05, 3.63) is 23.8 Å². The van der Waals surface area contributed by atoms with Crippen molar-refractivity contribution in [1.82, 2.24) is 15.4 Å². The minimum Gasteiger partial charge on any atom is -0.493 e. The molecule has 1 aliphatic carbocycles. The lowest BCUT2D eigenvalue weighted by molar-refractivity contribution is 0.198. The minimum atomic E-state index is -3.19. The molecule has 0 aromatic heterocycles. The summed E-state index contributed by atoms with van der Waals surface area (Å²) in [7, 11) is 0.133. The van der Waals surface area contributed by atoms with Gasteiger partial charge in [0.05, 0.1) is 19.0 Å². The van der Waals surface area contributed by atoms with Gasteiger partial charge in [-0.2, -0.15) is 0 Å². The van der Waals surface area contributed by atoms with E-state index in [1.54, 1.807) is 21.1 Å². The number of benzene rings is 1. The third-order valence-corrected chi connectivity index (χ3v) is 6.06. The van der Waals surface area contributed by atoms with Crippen LogP contribution in [0.4, 0.5) is 0 Å². The van der Waals surface area contributed by atoms with Crippen LogP contribution in [-0.4, -0.2) is 53.5 Å². The second-order valence-corrected chi connectivity index (χ2v) is 8.72. The molecule has 8 nitrogen and oxygen atoms in total. The average Bonchev–Trinajstić information content (AvgIpc) is 3.21. The number of hydrogen-bond donors (Lipinski definition) is 3. The summed E-state index contributed by atoms with van der Waals surface area (Å²) < 4.78 is 37.2. The molecule has 1 aromatic rings. The molecule has 158 valence electrons. The van der Waals surface area contributed by atoms with E-state index in [1.165, 1.54) is 12.8 Å². The molecule has 0 bridgehead atoms. The number of nitrogens with one attached hydrogen (secondary N) is 3. The second kappa shape index (κ2) is 11.1. The van der Waals surface area contributed by atoms with Crippen molar-refractivity contribution in [3.8, 4) is 11.5 Å². The summed E-state index contributed by atoms with van der Waals surface area (Å²) in [5.74, 6) is 2.16. The van der Waals surface area contributed by atoms with Crippen LogP contribution in [0.5, 0.6) is 11.5 Å². The predicted octanol–water partition coefficient (Wildman–Crippen LogP) is 1.62. The molecule has 28 heavy (non-hydrogen) atoms. The smallest absolute Gasteiger partial charge is 0.211 e. The number of guanidine groups is 1. The van der Waals surface area contributed by atoms with Crippen molar-refractivity contribution in [2.75, 3.05) is 33.0 Å². The number of methoxy groups -OCH3 is 1. The van der Waals surface area contributed by atoms with E-state index in [0.717, 1.165) is 29.9 Å². The van der Waals surface area contributed by atoms with Gasteiger partial charge < -0.3 is 20.1 Å². The zero-order valence-electron chi connectivity index (χ0n) is 17.0. The highest BCUT2D eigenvalue weighted by Crippen LogP contribution is 2.34. The Morgan fingerprint density at radius 3 is 2.61 bits per heavy atom. The van der Waals surface area contributed by atoms with Gasteiger partial charge in [0, 0.05) is 32.2 Å². The first-order chi connectivity index (χ1) is 13.5. The largest absolute Gasteiger partial charge is 0.493 e. The Bertz CT molecular complexity index is 746. The van der Waals surface area contributed by atoms with Crippen LogP contribution in [0.15, 0.2) is 23.2 Å². The number of nitrogens with zero attached hydrogens (tertiary/aromatic N) is 1. The van der Waals surface area contributed by atoms with Gasteiger partial charge in [0.2, 0.25) is 10.0 Å². The van der Waals surface area contributed by atoms with Gasteiger partial charge in [-0.1, -0.05) is 12.1 Å². The van der Waals surface area contributed by atoms with Gasteiger partial charge in [-0.25, -0.2) is 13.1 Å². The molecule has 0 amide bonds. The third kappa shape index (κ3) is 6.87. The molecule has 0 radical (unpaired) electrons. The van der Waals surface area contributed by atoms with Crippen LogP contribution >= 0.6 is 0 Å². The van der Waals surface area contributed by atoms with Crippen molar-refractivity contribution in [1.29, 1.82) is 0 Å². The number of rotatable bonds is 10.